The monoisotopic (exact) mass is 371 g/mol. The Bertz CT molecular complexity index is 576. The summed E-state index contributed by atoms with van der Waals surface area (Å²) in [6, 6.07) is 6.24. The molecule has 1 rings (SSSR count). The summed E-state index contributed by atoms with van der Waals surface area (Å²) < 4.78 is 5.28. The van der Waals surface area contributed by atoms with Crippen LogP contribution in [0.15, 0.2) is 24.3 Å². The summed E-state index contributed by atoms with van der Waals surface area (Å²) >= 11 is 0. The summed E-state index contributed by atoms with van der Waals surface area (Å²) in [4.78, 5) is 34.2. The SMILES string of the molecule is CC(=O)NC(CSSCC(C)C(=O)O)C(=O)Oc1ccc(C)cc1. The van der Waals surface area contributed by atoms with E-state index in [9.17, 15) is 14.4 Å². The van der Waals surface area contributed by atoms with Crippen LogP contribution in [0.4, 0.5) is 0 Å². The lowest BCUT2D eigenvalue weighted by Gasteiger charge is -2.16. The lowest BCUT2D eigenvalue weighted by molar-refractivity contribution is -0.140. The molecule has 1 amide bonds. The van der Waals surface area contributed by atoms with Crippen molar-refractivity contribution in [3.8, 4) is 5.75 Å². The van der Waals surface area contributed by atoms with E-state index >= 15 is 0 Å². The smallest absolute Gasteiger partial charge is 0.334 e. The molecule has 0 aliphatic carbocycles. The van der Waals surface area contributed by atoms with Gasteiger partial charge in [-0.05, 0) is 19.1 Å². The molecular formula is C16H21NO5S2. The molecule has 24 heavy (non-hydrogen) atoms. The molecule has 6 nitrogen and oxygen atoms in total. The van der Waals surface area contributed by atoms with E-state index in [4.69, 9.17) is 9.84 Å². The van der Waals surface area contributed by atoms with Crippen molar-refractivity contribution in [2.45, 2.75) is 26.8 Å². The summed E-state index contributed by atoms with van der Waals surface area (Å²) in [5, 5.41) is 11.4. The summed E-state index contributed by atoms with van der Waals surface area (Å²) in [5.74, 6) is -1.08. The van der Waals surface area contributed by atoms with Gasteiger partial charge >= 0.3 is 11.9 Å². The predicted octanol–water partition coefficient (Wildman–Crippen LogP) is 2.51. The quantitative estimate of drug-likeness (QED) is 0.298. The van der Waals surface area contributed by atoms with Crippen LogP contribution in [0.25, 0.3) is 0 Å². The largest absolute Gasteiger partial charge is 0.481 e. The zero-order valence-corrected chi connectivity index (χ0v) is 15.4. The van der Waals surface area contributed by atoms with Crippen LogP contribution in [0, 0.1) is 12.8 Å². The number of hydrogen-bond acceptors (Lipinski definition) is 6. The Morgan fingerprint density at radius 1 is 1.17 bits per heavy atom. The van der Waals surface area contributed by atoms with E-state index in [0.717, 1.165) is 5.56 Å². The Morgan fingerprint density at radius 3 is 2.29 bits per heavy atom. The molecule has 0 aliphatic rings. The first-order valence-corrected chi connectivity index (χ1v) is 9.81. The lowest BCUT2D eigenvalue weighted by atomic mass is 10.2. The number of carboxylic acids is 1. The topological polar surface area (TPSA) is 92.7 Å². The van der Waals surface area contributed by atoms with Gasteiger partial charge in [0.15, 0.2) is 0 Å². The third-order valence-corrected chi connectivity index (χ3v) is 5.55. The number of nitrogens with one attached hydrogen (secondary N) is 1. The maximum absolute atomic E-state index is 12.2. The minimum atomic E-state index is -0.861. The Kier molecular flexibility index (Phi) is 8.70. The van der Waals surface area contributed by atoms with Gasteiger partial charge in [0.25, 0.3) is 0 Å². The molecule has 0 saturated carbocycles. The third kappa shape index (κ3) is 7.74. The molecule has 2 unspecified atom stereocenters. The Labute approximate surface area is 149 Å². The van der Waals surface area contributed by atoms with E-state index in [-0.39, 0.29) is 5.91 Å². The fourth-order valence-corrected chi connectivity index (χ4v) is 4.04. The first-order valence-electron chi connectivity index (χ1n) is 7.32. The van der Waals surface area contributed by atoms with Crippen LogP contribution in [0.1, 0.15) is 19.4 Å². The number of aryl methyl sites for hydroxylation is 1. The van der Waals surface area contributed by atoms with E-state index in [0.29, 0.717) is 17.3 Å². The van der Waals surface area contributed by atoms with E-state index in [1.165, 1.54) is 28.5 Å². The van der Waals surface area contributed by atoms with Crippen molar-refractivity contribution >= 4 is 39.4 Å². The number of benzene rings is 1. The molecule has 0 heterocycles. The first kappa shape index (κ1) is 20.4. The number of amides is 1. The van der Waals surface area contributed by atoms with Gasteiger partial charge in [-0.15, -0.1) is 0 Å². The fraction of sp³-hybridized carbons (Fsp3) is 0.438. The first-order chi connectivity index (χ1) is 11.3. The minimum absolute atomic E-state index is 0.293. The van der Waals surface area contributed by atoms with Crippen molar-refractivity contribution < 1.29 is 24.2 Å². The Morgan fingerprint density at radius 2 is 1.75 bits per heavy atom. The highest BCUT2D eigenvalue weighted by molar-refractivity contribution is 8.76. The van der Waals surface area contributed by atoms with Gasteiger partial charge in [0.05, 0.1) is 5.92 Å². The zero-order chi connectivity index (χ0) is 18.1. The Balaban J connectivity index is 2.54. The summed E-state index contributed by atoms with van der Waals surface area (Å²) in [5.41, 5.74) is 1.05. The van der Waals surface area contributed by atoms with Crippen LogP contribution >= 0.6 is 21.6 Å². The maximum atomic E-state index is 12.2. The molecule has 0 saturated heterocycles. The molecule has 1 aromatic rings. The average molecular weight is 371 g/mol. The minimum Gasteiger partial charge on any atom is -0.481 e. The van der Waals surface area contributed by atoms with Crippen LogP contribution in [0.5, 0.6) is 5.75 Å². The maximum Gasteiger partial charge on any atom is 0.334 e. The van der Waals surface area contributed by atoms with Gasteiger partial charge in [0.1, 0.15) is 11.8 Å². The van der Waals surface area contributed by atoms with Crippen LogP contribution in [-0.4, -0.2) is 40.5 Å². The van der Waals surface area contributed by atoms with Crippen molar-refractivity contribution in [2.75, 3.05) is 11.5 Å². The fourth-order valence-electron chi connectivity index (χ4n) is 1.55. The van der Waals surface area contributed by atoms with Gasteiger partial charge in [-0.3, -0.25) is 9.59 Å². The lowest BCUT2D eigenvalue weighted by Crippen LogP contribution is -2.43. The average Bonchev–Trinajstić information content (AvgIpc) is 2.51. The molecule has 0 aliphatic heterocycles. The molecule has 132 valence electrons. The summed E-state index contributed by atoms with van der Waals surface area (Å²) in [6.45, 7) is 4.88. The van der Waals surface area contributed by atoms with E-state index in [1.54, 1.807) is 19.1 Å². The van der Waals surface area contributed by atoms with Gasteiger partial charge in [-0.2, -0.15) is 0 Å². The molecule has 0 radical (unpaired) electrons. The van der Waals surface area contributed by atoms with Gasteiger partial charge in [-0.25, -0.2) is 4.79 Å². The second kappa shape index (κ2) is 10.2. The second-order valence-electron chi connectivity index (χ2n) is 5.30. The predicted molar refractivity (Wildman–Crippen MR) is 96.1 cm³/mol. The molecule has 8 heteroatoms. The van der Waals surface area contributed by atoms with Crippen molar-refractivity contribution in [1.29, 1.82) is 0 Å². The van der Waals surface area contributed by atoms with E-state index < -0.39 is 23.9 Å². The highest BCUT2D eigenvalue weighted by Crippen LogP contribution is 2.25. The normalized spacial score (nSPS) is 13.0. The van der Waals surface area contributed by atoms with Gasteiger partial charge in [-0.1, -0.05) is 46.2 Å². The molecule has 0 bridgehead atoms. The third-order valence-electron chi connectivity index (χ3n) is 2.96. The zero-order valence-electron chi connectivity index (χ0n) is 13.8. The van der Waals surface area contributed by atoms with Crippen molar-refractivity contribution in [1.82, 2.24) is 5.32 Å². The van der Waals surface area contributed by atoms with Gasteiger partial charge in [0.2, 0.25) is 5.91 Å². The van der Waals surface area contributed by atoms with Gasteiger partial charge in [0, 0.05) is 18.4 Å². The highest BCUT2D eigenvalue weighted by Gasteiger charge is 2.22. The highest BCUT2D eigenvalue weighted by atomic mass is 33.1. The van der Waals surface area contributed by atoms with Gasteiger partial charge < -0.3 is 15.2 Å². The number of carboxylic acid groups (broad SMARTS) is 1. The summed E-state index contributed by atoms with van der Waals surface area (Å²) in [7, 11) is 2.68. The van der Waals surface area contributed by atoms with Crippen LogP contribution in [0.2, 0.25) is 0 Å². The van der Waals surface area contributed by atoms with Crippen molar-refractivity contribution in [3.05, 3.63) is 29.8 Å². The number of rotatable bonds is 9. The van der Waals surface area contributed by atoms with E-state index in [2.05, 4.69) is 5.32 Å². The molecule has 0 aromatic heterocycles. The number of aliphatic carboxylic acids is 1. The molecule has 2 atom stereocenters. The molecule has 1 aromatic carbocycles. The Hall–Kier alpha value is -1.67. The van der Waals surface area contributed by atoms with Crippen LogP contribution in [0.3, 0.4) is 0 Å². The molecule has 2 N–H and O–H groups in total. The number of ether oxygens (including phenoxy) is 1. The van der Waals surface area contributed by atoms with Crippen LogP contribution in [-0.2, 0) is 14.4 Å². The molecule has 0 fully saturated rings. The molecular weight excluding hydrogens is 350 g/mol. The number of carbonyl (C=O) groups excluding carboxylic acids is 2. The van der Waals surface area contributed by atoms with E-state index in [1.807, 2.05) is 19.1 Å². The van der Waals surface area contributed by atoms with Crippen LogP contribution < -0.4 is 10.1 Å². The number of esters is 1. The van der Waals surface area contributed by atoms with Crippen molar-refractivity contribution in [3.63, 3.8) is 0 Å². The summed E-state index contributed by atoms with van der Waals surface area (Å²) in [6.07, 6.45) is 0. The number of hydrogen-bond donors (Lipinski definition) is 2. The second-order valence-corrected chi connectivity index (χ2v) is 7.85. The standard InChI is InChI=1S/C16H21NO5S2/c1-10-4-6-13(7-5-10)22-16(21)14(17-12(3)18)9-24-23-8-11(2)15(19)20/h4-7,11,14H,8-9H2,1-3H3,(H,17,18)(H,19,20). The number of carbonyl (C=O) groups is 3. The van der Waals surface area contributed by atoms with Crippen molar-refractivity contribution in [2.24, 2.45) is 5.92 Å². The molecule has 0 spiro atoms.